The van der Waals surface area contributed by atoms with Gasteiger partial charge in [-0.2, -0.15) is 11.3 Å². The number of nitrogens with zero attached hydrogens (tertiary/aromatic N) is 2. The summed E-state index contributed by atoms with van der Waals surface area (Å²) >= 11 is 3.17. The van der Waals surface area contributed by atoms with Crippen LogP contribution in [0.1, 0.15) is 34.6 Å². The molecule has 0 N–H and O–H groups in total. The molecule has 2 aromatic heterocycles. The van der Waals surface area contributed by atoms with Crippen molar-refractivity contribution in [2.24, 2.45) is 0 Å². The first-order valence-electron chi connectivity index (χ1n) is 7.66. The van der Waals surface area contributed by atoms with Crippen LogP contribution in [0.25, 0.3) is 10.6 Å². The van der Waals surface area contributed by atoms with Crippen molar-refractivity contribution < 1.29 is 9.53 Å². The SMILES string of the molecule is Cc1nc(-c2ccsc2)sc1C(=O)N1CCO[C@@H]2CCC[C@@H]21. The van der Waals surface area contributed by atoms with E-state index in [0.29, 0.717) is 13.2 Å². The molecule has 6 heteroatoms. The van der Waals surface area contributed by atoms with Crippen molar-refractivity contribution in [1.82, 2.24) is 9.88 Å². The number of aromatic nitrogens is 1. The van der Waals surface area contributed by atoms with Gasteiger partial charge in [-0.3, -0.25) is 4.79 Å². The molecule has 1 aliphatic heterocycles. The second-order valence-corrected chi connectivity index (χ2v) is 7.63. The molecule has 0 aromatic carbocycles. The minimum absolute atomic E-state index is 0.136. The lowest BCUT2D eigenvalue weighted by Crippen LogP contribution is -2.51. The smallest absolute Gasteiger partial charge is 0.266 e. The number of thiazole rings is 1. The third kappa shape index (κ3) is 2.39. The van der Waals surface area contributed by atoms with Crippen LogP contribution in [0.5, 0.6) is 0 Å². The Balaban J connectivity index is 1.62. The maximum atomic E-state index is 13.0. The number of hydrogen-bond acceptors (Lipinski definition) is 5. The number of rotatable bonds is 2. The zero-order chi connectivity index (χ0) is 15.1. The predicted octanol–water partition coefficient (Wildman–Crippen LogP) is 3.57. The van der Waals surface area contributed by atoms with Crippen molar-refractivity contribution in [2.45, 2.75) is 38.3 Å². The molecule has 2 fully saturated rings. The van der Waals surface area contributed by atoms with Crippen molar-refractivity contribution in [2.75, 3.05) is 13.2 Å². The molecule has 1 saturated carbocycles. The number of fused-ring (bicyclic) bond motifs is 1. The second-order valence-electron chi connectivity index (χ2n) is 5.85. The largest absolute Gasteiger partial charge is 0.374 e. The van der Waals surface area contributed by atoms with Crippen LogP contribution in [0, 0.1) is 6.92 Å². The number of amides is 1. The molecular weight excluding hydrogens is 316 g/mol. The molecule has 1 amide bonds. The lowest BCUT2D eigenvalue weighted by molar-refractivity contribution is -0.0444. The van der Waals surface area contributed by atoms with E-state index in [1.165, 1.54) is 11.3 Å². The number of thiophene rings is 1. The van der Waals surface area contributed by atoms with E-state index in [1.807, 2.05) is 17.2 Å². The van der Waals surface area contributed by atoms with E-state index in [4.69, 9.17) is 4.74 Å². The van der Waals surface area contributed by atoms with Crippen LogP contribution < -0.4 is 0 Å². The van der Waals surface area contributed by atoms with E-state index in [-0.39, 0.29) is 18.1 Å². The molecule has 0 unspecified atom stereocenters. The highest BCUT2D eigenvalue weighted by Gasteiger charge is 2.39. The third-order valence-electron chi connectivity index (χ3n) is 4.50. The van der Waals surface area contributed by atoms with Crippen LogP contribution >= 0.6 is 22.7 Å². The maximum Gasteiger partial charge on any atom is 0.266 e. The van der Waals surface area contributed by atoms with Crippen LogP contribution in [0.15, 0.2) is 16.8 Å². The van der Waals surface area contributed by atoms with E-state index in [0.717, 1.165) is 40.4 Å². The summed E-state index contributed by atoms with van der Waals surface area (Å²) < 4.78 is 5.81. The van der Waals surface area contributed by atoms with E-state index in [9.17, 15) is 4.79 Å². The highest BCUT2D eigenvalue weighted by molar-refractivity contribution is 7.17. The van der Waals surface area contributed by atoms with Gasteiger partial charge in [-0.05, 0) is 37.6 Å². The number of hydrogen-bond donors (Lipinski definition) is 0. The van der Waals surface area contributed by atoms with Crippen molar-refractivity contribution in [1.29, 1.82) is 0 Å². The molecule has 1 saturated heterocycles. The summed E-state index contributed by atoms with van der Waals surface area (Å²) in [6, 6.07) is 2.31. The lowest BCUT2D eigenvalue weighted by Gasteiger charge is -2.37. The van der Waals surface area contributed by atoms with Crippen molar-refractivity contribution in [3.05, 3.63) is 27.4 Å². The van der Waals surface area contributed by atoms with Gasteiger partial charge in [0.1, 0.15) is 9.88 Å². The Bertz CT molecular complexity index is 680. The fourth-order valence-electron chi connectivity index (χ4n) is 3.41. The van der Waals surface area contributed by atoms with Gasteiger partial charge >= 0.3 is 0 Å². The predicted molar refractivity (Wildman–Crippen MR) is 88.6 cm³/mol. The molecule has 0 radical (unpaired) electrons. The van der Waals surface area contributed by atoms with Crippen molar-refractivity contribution in [3.8, 4) is 10.6 Å². The number of aryl methyl sites for hydroxylation is 1. The molecule has 0 bridgehead atoms. The Morgan fingerprint density at radius 1 is 1.45 bits per heavy atom. The summed E-state index contributed by atoms with van der Waals surface area (Å²) in [5, 5.41) is 5.06. The van der Waals surface area contributed by atoms with E-state index < -0.39 is 0 Å². The van der Waals surface area contributed by atoms with Gasteiger partial charge in [0.15, 0.2) is 0 Å². The summed E-state index contributed by atoms with van der Waals surface area (Å²) in [7, 11) is 0. The molecule has 4 rings (SSSR count). The molecule has 1 aliphatic carbocycles. The van der Waals surface area contributed by atoms with Crippen LogP contribution in [0.3, 0.4) is 0 Å². The van der Waals surface area contributed by atoms with Gasteiger partial charge < -0.3 is 9.64 Å². The van der Waals surface area contributed by atoms with Crippen LogP contribution in [0.4, 0.5) is 0 Å². The summed E-state index contributed by atoms with van der Waals surface area (Å²) in [4.78, 5) is 20.4. The Morgan fingerprint density at radius 2 is 2.36 bits per heavy atom. The van der Waals surface area contributed by atoms with E-state index in [1.54, 1.807) is 11.3 Å². The minimum atomic E-state index is 0.136. The van der Waals surface area contributed by atoms with Gasteiger partial charge in [0.25, 0.3) is 5.91 Å². The van der Waals surface area contributed by atoms with Gasteiger partial charge in [0.05, 0.1) is 24.4 Å². The van der Waals surface area contributed by atoms with Gasteiger partial charge in [0.2, 0.25) is 0 Å². The van der Waals surface area contributed by atoms with Crippen LogP contribution in [-0.2, 0) is 4.74 Å². The molecule has 22 heavy (non-hydrogen) atoms. The number of carbonyl (C=O) groups is 1. The van der Waals surface area contributed by atoms with Crippen molar-refractivity contribution in [3.63, 3.8) is 0 Å². The Labute approximate surface area is 137 Å². The summed E-state index contributed by atoms with van der Waals surface area (Å²) in [5.74, 6) is 0.136. The molecule has 4 nitrogen and oxygen atoms in total. The monoisotopic (exact) mass is 334 g/mol. The topological polar surface area (TPSA) is 42.4 Å². The van der Waals surface area contributed by atoms with Crippen LogP contribution in [0.2, 0.25) is 0 Å². The first-order chi connectivity index (χ1) is 10.7. The molecule has 2 atom stereocenters. The molecule has 2 aromatic rings. The Morgan fingerprint density at radius 3 is 3.18 bits per heavy atom. The number of morpholine rings is 1. The van der Waals surface area contributed by atoms with Gasteiger partial charge in [-0.15, -0.1) is 11.3 Å². The first-order valence-corrected chi connectivity index (χ1v) is 9.42. The average Bonchev–Trinajstić information content (AvgIpc) is 3.25. The summed E-state index contributed by atoms with van der Waals surface area (Å²) in [6.45, 7) is 3.29. The molecular formula is C16H18N2O2S2. The average molecular weight is 334 g/mol. The second kappa shape index (κ2) is 5.76. The van der Waals surface area contributed by atoms with E-state index in [2.05, 4.69) is 16.4 Å². The molecule has 116 valence electrons. The zero-order valence-electron chi connectivity index (χ0n) is 12.4. The quantitative estimate of drug-likeness (QED) is 0.843. The highest BCUT2D eigenvalue weighted by Crippen LogP contribution is 2.34. The molecule has 0 spiro atoms. The first kappa shape index (κ1) is 14.4. The van der Waals surface area contributed by atoms with Crippen LogP contribution in [-0.4, -0.2) is 41.1 Å². The number of carbonyl (C=O) groups excluding carboxylic acids is 1. The van der Waals surface area contributed by atoms with Gasteiger partial charge in [-0.25, -0.2) is 4.98 Å². The zero-order valence-corrected chi connectivity index (χ0v) is 14.1. The normalized spacial score (nSPS) is 24.5. The minimum Gasteiger partial charge on any atom is -0.374 e. The molecule has 2 aliphatic rings. The molecule has 3 heterocycles. The van der Waals surface area contributed by atoms with Gasteiger partial charge in [-0.1, -0.05) is 0 Å². The summed E-state index contributed by atoms with van der Waals surface area (Å²) in [5.41, 5.74) is 1.95. The highest BCUT2D eigenvalue weighted by atomic mass is 32.1. The summed E-state index contributed by atoms with van der Waals surface area (Å²) in [6.07, 6.45) is 3.53. The fraction of sp³-hybridized carbons (Fsp3) is 0.500. The Kier molecular flexibility index (Phi) is 3.76. The fourth-order valence-corrected chi connectivity index (χ4v) is 5.15. The standard InChI is InChI=1S/C16H18N2O2S2/c1-10-14(22-15(17-10)11-5-8-21-9-11)16(19)18-6-7-20-13-4-2-3-12(13)18/h5,8-9,12-13H,2-4,6-7H2,1H3/t12-,13+/m0/s1. The van der Waals surface area contributed by atoms with Crippen molar-refractivity contribution >= 4 is 28.6 Å². The van der Waals surface area contributed by atoms with E-state index >= 15 is 0 Å². The number of ether oxygens (including phenoxy) is 1. The Hall–Kier alpha value is -1.24. The maximum absolute atomic E-state index is 13.0. The van der Waals surface area contributed by atoms with Gasteiger partial charge in [0, 0.05) is 17.5 Å². The third-order valence-corrected chi connectivity index (χ3v) is 6.38. The lowest BCUT2D eigenvalue weighted by atomic mass is 10.1.